The minimum absolute atomic E-state index is 0.159. The van der Waals surface area contributed by atoms with E-state index < -0.39 is 28.7 Å². The van der Waals surface area contributed by atoms with Gasteiger partial charge in [-0.25, -0.2) is 9.59 Å². The zero-order valence-corrected chi connectivity index (χ0v) is 10.9. The number of hydrogen-bond donors (Lipinski definition) is 1. The third-order valence-corrected chi connectivity index (χ3v) is 2.32. The minimum Gasteiger partial charge on any atom is -0.478 e. The maximum absolute atomic E-state index is 11.4. The molecule has 1 aromatic carbocycles. The summed E-state index contributed by atoms with van der Waals surface area (Å²) in [5.41, 5.74) is -0.770. The maximum atomic E-state index is 11.4. The molecule has 0 spiro atoms. The predicted molar refractivity (Wildman–Crippen MR) is 66.8 cm³/mol. The van der Waals surface area contributed by atoms with Crippen LogP contribution in [0, 0.1) is 10.1 Å². The van der Waals surface area contributed by atoms with Crippen LogP contribution in [0.2, 0.25) is 0 Å². The van der Waals surface area contributed by atoms with Crippen molar-refractivity contribution in [1.82, 2.24) is 0 Å². The molecule has 0 aliphatic carbocycles. The average Bonchev–Trinajstić information content (AvgIpc) is 2.38. The van der Waals surface area contributed by atoms with Crippen molar-refractivity contribution in [2.75, 3.05) is 6.61 Å². The summed E-state index contributed by atoms with van der Waals surface area (Å²) in [5.74, 6) is -2.15. The molecule has 108 valence electrons. The molecular weight excluding hydrogens is 270 g/mol. The van der Waals surface area contributed by atoms with Crippen molar-refractivity contribution in [1.29, 1.82) is 0 Å². The van der Waals surface area contributed by atoms with Crippen molar-refractivity contribution in [2.24, 2.45) is 0 Å². The highest BCUT2D eigenvalue weighted by Gasteiger charge is 2.23. The molecule has 1 atom stereocenters. The van der Waals surface area contributed by atoms with Gasteiger partial charge in [-0.3, -0.25) is 10.1 Å². The number of carboxylic acids is 1. The van der Waals surface area contributed by atoms with E-state index in [1.807, 2.05) is 0 Å². The minimum atomic E-state index is -1.29. The summed E-state index contributed by atoms with van der Waals surface area (Å²) in [7, 11) is 0. The number of aromatic carboxylic acids is 1. The molecule has 8 heteroatoms. The van der Waals surface area contributed by atoms with Crippen LogP contribution in [0.4, 0.5) is 5.69 Å². The number of carbonyl (C=O) groups excluding carboxylic acids is 1. The van der Waals surface area contributed by atoms with Gasteiger partial charge in [-0.15, -0.1) is 0 Å². The standard InChI is InChI=1S/C12H13NO7/c1-3-19-12(16)7(2)20-10-5-4-8(11(14)15)6-9(10)13(17)18/h4-7H,3H2,1-2H3,(H,14,15). The number of ether oxygens (including phenoxy) is 2. The summed E-state index contributed by atoms with van der Waals surface area (Å²) >= 11 is 0. The van der Waals surface area contributed by atoms with Gasteiger partial charge in [-0.1, -0.05) is 0 Å². The van der Waals surface area contributed by atoms with Crippen LogP contribution in [-0.2, 0) is 9.53 Å². The summed E-state index contributed by atoms with van der Waals surface area (Å²) in [4.78, 5) is 32.3. The van der Waals surface area contributed by atoms with E-state index in [0.29, 0.717) is 0 Å². The van der Waals surface area contributed by atoms with Gasteiger partial charge >= 0.3 is 17.6 Å². The second-order valence-electron chi connectivity index (χ2n) is 3.76. The lowest BCUT2D eigenvalue weighted by atomic mass is 10.2. The summed E-state index contributed by atoms with van der Waals surface area (Å²) in [5, 5.41) is 19.7. The third kappa shape index (κ3) is 3.67. The van der Waals surface area contributed by atoms with Crippen molar-refractivity contribution < 1.29 is 29.1 Å². The van der Waals surface area contributed by atoms with Crippen molar-refractivity contribution >= 4 is 17.6 Å². The predicted octanol–water partition coefficient (Wildman–Crippen LogP) is 1.62. The summed E-state index contributed by atoms with van der Waals surface area (Å²) in [6, 6.07) is 3.16. The Balaban J connectivity index is 3.03. The van der Waals surface area contributed by atoms with Gasteiger partial charge in [0, 0.05) is 6.07 Å². The van der Waals surface area contributed by atoms with Crippen molar-refractivity contribution in [2.45, 2.75) is 20.0 Å². The molecule has 1 rings (SSSR count). The smallest absolute Gasteiger partial charge is 0.347 e. The van der Waals surface area contributed by atoms with E-state index in [1.165, 1.54) is 6.92 Å². The second-order valence-corrected chi connectivity index (χ2v) is 3.76. The SMILES string of the molecule is CCOC(=O)C(C)Oc1ccc(C(=O)O)cc1[N+](=O)[O-]. The van der Waals surface area contributed by atoms with E-state index >= 15 is 0 Å². The Hall–Kier alpha value is -2.64. The Labute approximate surface area is 114 Å². The molecule has 0 bridgehead atoms. The summed E-state index contributed by atoms with van der Waals surface area (Å²) in [6.07, 6.45) is -1.04. The van der Waals surface area contributed by atoms with Gasteiger partial charge in [-0.2, -0.15) is 0 Å². The number of nitro benzene ring substituents is 1. The van der Waals surface area contributed by atoms with Gasteiger partial charge in [0.25, 0.3) is 0 Å². The molecule has 0 saturated carbocycles. The quantitative estimate of drug-likeness (QED) is 0.479. The van der Waals surface area contributed by atoms with Gasteiger partial charge in [0.2, 0.25) is 0 Å². The van der Waals surface area contributed by atoms with Gasteiger partial charge < -0.3 is 14.6 Å². The molecule has 1 aromatic rings. The summed E-state index contributed by atoms with van der Waals surface area (Å²) < 4.78 is 9.86. The molecule has 0 aromatic heterocycles. The zero-order chi connectivity index (χ0) is 15.3. The number of carboxylic acid groups (broad SMARTS) is 1. The van der Waals surface area contributed by atoms with Gasteiger partial charge in [-0.05, 0) is 26.0 Å². The number of carbonyl (C=O) groups is 2. The second kappa shape index (κ2) is 6.50. The molecule has 0 heterocycles. The fraction of sp³-hybridized carbons (Fsp3) is 0.333. The monoisotopic (exact) mass is 283 g/mol. The molecule has 0 aliphatic rings. The number of hydrogen-bond acceptors (Lipinski definition) is 6. The fourth-order valence-corrected chi connectivity index (χ4v) is 1.39. The molecule has 0 fully saturated rings. The van der Waals surface area contributed by atoms with E-state index in [2.05, 4.69) is 0 Å². The highest BCUT2D eigenvalue weighted by Crippen LogP contribution is 2.29. The van der Waals surface area contributed by atoms with E-state index in [4.69, 9.17) is 14.6 Å². The molecule has 0 aliphatic heterocycles. The maximum Gasteiger partial charge on any atom is 0.347 e. The molecule has 20 heavy (non-hydrogen) atoms. The lowest BCUT2D eigenvalue weighted by Crippen LogP contribution is -2.26. The third-order valence-electron chi connectivity index (χ3n) is 2.32. The van der Waals surface area contributed by atoms with E-state index in [-0.39, 0.29) is 17.9 Å². The Kier molecular flexibility index (Phi) is 5.01. The van der Waals surface area contributed by atoms with Crippen molar-refractivity contribution in [3.63, 3.8) is 0 Å². The van der Waals surface area contributed by atoms with Crippen LogP contribution in [0.15, 0.2) is 18.2 Å². The van der Waals surface area contributed by atoms with Crippen LogP contribution in [0.25, 0.3) is 0 Å². The molecule has 1 N–H and O–H groups in total. The first-order chi connectivity index (χ1) is 9.36. The Morgan fingerprint density at radius 3 is 2.60 bits per heavy atom. The Morgan fingerprint density at radius 1 is 1.45 bits per heavy atom. The number of nitro groups is 1. The first-order valence-corrected chi connectivity index (χ1v) is 5.71. The first kappa shape index (κ1) is 15.4. The number of rotatable bonds is 6. The zero-order valence-electron chi connectivity index (χ0n) is 10.9. The fourth-order valence-electron chi connectivity index (χ4n) is 1.39. The average molecular weight is 283 g/mol. The Morgan fingerprint density at radius 2 is 2.10 bits per heavy atom. The van der Waals surface area contributed by atoms with E-state index in [1.54, 1.807) is 6.92 Å². The topological polar surface area (TPSA) is 116 Å². The lowest BCUT2D eigenvalue weighted by Gasteiger charge is -2.13. The highest BCUT2D eigenvalue weighted by molar-refractivity contribution is 5.89. The largest absolute Gasteiger partial charge is 0.478 e. The van der Waals surface area contributed by atoms with Crippen LogP contribution in [-0.4, -0.2) is 34.7 Å². The van der Waals surface area contributed by atoms with Crippen molar-refractivity contribution in [3.8, 4) is 5.75 Å². The van der Waals surface area contributed by atoms with Crippen LogP contribution in [0.1, 0.15) is 24.2 Å². The normalized spacial score (nSPS) is 11.5. The van der Waals surface area contributed by atoms with E-state index in [9.17, 15) is 19.7 Å². The summed E-state index contributed by atoms with van der Waals surface area (Å²) in [6.45, 7) is 3.16. The molecule has 0 saturated heterocycles. The molecular formula is C12H13NO7. The van der Waals surface area contributed by atoms with Gasteiger partial charge in [0.05, 0.1) is 17.1 Å². The highest BCUT2D eigenvalue weighted by atomic mass is 16.6. The van der Waals surface area contributed by atoms with Crippen LogP contribution < -0.4 is 4.74 Å². The molecule has 0 radical (unpaired) electrons. The lowest BCUT2D eigenvalue weighted by molar-refractivity contribution is -0.386. The molecule has 8 nitrogen and oxygen atoms in total. The van der Waals surface area contributed by atoms with Crippen molar-refractivity contribution in [3.05, 3.63) is 33.9 Å². The number of esters is 1. The van der Waals surface area contributed by atoms with Crippen LogP contribution in [0.3, 0.4) is 0 Å². The number of benzene rings is 1. The van der Waals surface area contributed by atoms with E-state index in [0.717, 1.165) is 18.2 Å². The van der Waals surface area contributed by atoms with Crippen LogP contribution >= 0.6 is 0 Å². The molecule has 0 amide bonds. The van der Waals surface area contributed by atoms with Gasteiger partial charge in [0.1, 0.15) is 0 Å². The van der Waals surface area contributed by atoms with Crippen LogP contribution in [0.5, 0.6) is 5.75 Å². The van der Waals surface area contributed by atoms with Gasteiger partial charge in [0.15, 0.2) is 11.9 Å². The molecule has 1 unspecified atom stereocenters. The first-order valence-electron chi connectivity index (χ1n) is 5.71. The Bertz CT molecular complexity index is 541. The number of nitrogens with zero attached hydrogens (tertiary/aromatic N) is 1.